The lowest BCUT2D eigenvalue weighted by atomic mass is 10.1. The second-order valence-electron chi connectivity index (χ2n) is 8.46. The second kappa shape index (κ2) is 8.78. The van der Waals surface area contributed by atoms with E-state index in [0.29, 0.717) is 15.1 Å². The lowest BCUT2D eigenvalue weighted by Gasteiger charge is -2.24. The molecule has 0 saturated carbocycles. The van der Waals surface area contributed by atoms with Crippen molar-refractivity contribution < 1.29 is 24.1 Å². The van der Waals surface area contributed by atoms with Gasteiger partial charge in [0, 0.05) is 23.5 Å². The molecule has 3 aromatic heterocycles. The van der Waals surface area contributed by atoms with Crippen LogP contribution < -0.4 is 16.0 Å². The Morgan fingerprint density at radius 3 is 2.63 bits per heavy atom. The van der Waals surface area contributed by atoms with Crippen LogP contribution >= 0.6 is 11.3 Å². The zero-order valence-electron chi connectivity index (χ0n) is 19.4. The summed E-state index contributed by atoms with van der Waals surface area (Å²) in [5.74, 6) is -1.78. The Balaban J connectivity index is 2.03. The average molecular weight is 503 g/mol. The number of hydrogen-bond donors (Lipinski definition) is 2. The van der Waals surface area contributed by atoms with Crippen LogP contribution in [0.4, 0.5) is 4.39 Å². The van der Waals surface area contributed by atoms with Gasteiger partial charge >= 0.3 is 11.7 Å². The molecule has 12 heteroatoms. The van der Waals surface area contributed by atoms with Crippen LogP contribution in [0, 0.1) is 12.7 Å². The third-order valence-electron chi connectivity index (χ3n) is 5.89. The minimum atomic E-state index is -1.88. The van der Waals surface area contributed by atoms with Gasteiger partial charge in [-0.15, -0.1) is 0 Å². The van der Waals surface area contributed by atoms with Crippen LogP contribution in [0.2, 0.25) is 0 Å². The van der Waals surface area contributed by atoms with Crippen LogP contribution in [-0.2, 0) is 16.9 Å². The smallest absolute Gasteiger partial charge is 0.333 e. The fourth-order valence-corrected chi connectivity index (χ4v) is 5.17. The molecule has 0 aliphatic carbocycles. The number of aromatic nitrogens is 4. The summed E-state index contributed by atoms with van der Waals surface area (Å²) in [7, 11) is 1.36. The maximum absolute atomic E-state index is 13.9. The summed E-state index contributed by atoms with van der Waals surface area (Å²) in [4.78, 5) is 39.3. The van der Waals surface area contributed by atoms with Gasteiger partial charge in [-0.05, 0) is 45.0 Å². The van der Waals surface area contributed by atoms with Crippen LogP contribution in [0.3, 0.4) is 0 Å². The number of rotatable bonds is 7. The summed E-state index contributed by atoms with van der Waals surface area (Å²) in [5, 5.41) is 25.6. The topological polar surface area (TPSA) is 129 Å². The van der Waals surface area contributed by atoms with Crippen molar-refractivity contribution in [2.75, 3.05) is 7.11 Å². The number of aliphatic hydroxyl groups excluding tert-OH is 1. The van der Waals surface area contributed by atoms with Gasteiger partial charge in [-0.25, -0.2) is 23.2 Å². The number of halogens is 1. The lowest BCUT2D eigenvalue weighted by molar-refractivity contribution is -0.146. The summed E-state index contributed by atoms with van der Waals surface area (Å²) in [6.07, 6.45) is 1.82. The highest BCUT2D eigenvalue weighted by atomic mass is 32.1. The summed E-state index contributed by atoms with van der Waals surface area (Å²) in [5.41, 5.74) is -2.97. The van der Waals surface area contributed by atoms with Gasteiger partial charge in [-0.3, -0.25) is 9.36 Å². The highest BCUT2D eigenvalue weighted by molar-refractivity contribution is 7.21. The molecule has 0 aliphatic rings. The Hall–Kier alpha value is -3.77. The number of aliphatic hydroxyl groups is 1. The molecule has 1 unspecified atom stereocenters. The fraction of sp³-hybridized carbons (Fsp3) is 0.304. The van der Waals surface area contributed by atoms with Crippen molar-refractivity contribution in [1.82, 2.24) is 18.9 Å². The predicted octanol–water partition coefficient (Wildman–Crippen LogP) is 2.42. The number of carboxylic acids is 1. The summed E-state index contributed by atoms with van der Waals surface area (Å²) in [6, 6.07) is 5.32. The Morgan fingerprint density at radius 1 is 1.31 bits per heavy atom. The molecule has 0 spiro atoms. The molecule has 4 rings (SSSR count). The Kier molecular flexibility index (Phi) is 6.11. The minimum absolute atomic E-state index is 0.100. The number of fused-ring (bicyclic) bond motifs is 1. The molecule has 184 valence electrons. The van der Waals surface area contributed by atoms with Crippen molar-refractivity contribution >= 4 is 27.5 Å². The van der Waals surface area contributed by atoms with E-state index in [-0.39, 0.29) is 28.1 Å². The van der Waals surface area contributed by atoms with Crippen molar-refractivity contribution in [1.29, 1.82) is 0 Å². The molecule has 0 fully saturated rings. The molecular formula is C23H23FN4O6S. The molecule has 0 radical (unpaired) electrons. The SMILES string of the molecule is COc1ccc(F)cc1C(O)Cn1c(=O)n(C(C)(C)C(=O)O)c(=O)c2c(C)c(-n3cccn3)sc21. The van der Waals surface area contributed by atoms with Crippen molar-refractivity contribution in [2.45, 2.75) is 39.0 Å². The van der Waals surface area contributed by atoms with Crippen molar-refractivity contribution in [2.24, 2.45) is 0 Å². The van der Waals surface area contributed by atoms with Crippen molar-refractivity contribution in [3.8, 4) is 10.8 Å². The Bertz CT molecular complexity index is 1550. The van der Waals surface area contributed by atoms with Gasteiger partial charge in [0.05, 0.1) is 19.0 Å². The van der Waals surface area contributed by atoms with Gasteiger partial charge in [0.25, 0.3) is 5.56 Å². The van der Waals surface area contributed by atoms with Crippen molar-refractivity contribution in [3.63, 3.8) is 0 Å². The average Bonchev–Trinajstić information content (AvgIpc) is 3.44. The standard InChI is InChI=1S/C23H23FN4O6S/c1-12-17-18(30)28(23(2,3)21(31)32)22(33)26(20(17)35-19(12)27-9-5-8-25-27)11-15(29)14-10-13(24)6-7-16(14)34-4/h5-10,15,29H,11H2,1-4H3,(H,31,32). The van der Waals surface area contributed by atoms with E-state index >= 15 is 0 Å². The third kappa shape index (κ3) is 3.94. The molecule has 1 aromatic carbocycles. The minimum Gasteiger partial charge on any atom is -0.496 e. The molecule has 3 heterocycles. The highest BCUT2D eigenvalue weighted by Gasteiger charge is 2.35. The molecule has 1 atom stereocenters. The number of carboxylic acid groups (broad SMARTS) is 1. The molecule has 0 amide bonds. The summed E-state index contributed by atoms with van der Waals surface area (Å²) >= 11 is 1.10. The first-order valence-corrected chi connectivity index (χ1v) is 11.3. The lowest BCUT2D eigenvalue weighted by Crippen LogP contribution is -2.52. The van der Waals surface area contributed by atoms with E-state index in [1.54, 1.807) is 25.4 Å². The van der Waals surface area contributed by atoms with E-state index in [1.807, 2.05) is 0 Å². The molecule has 35 heavy (non-hydrogen) atoms. The quantitative estimate of drug-likeness (QED) is 0.397. The zero-order valence-corrected chi connectivity index (χ0v) is 20.2. The van der Waals surface area contributed by atoms with Crippen molar-refractivity contribution in [3.05, 3.63) is 74.4 Å². The summed E-state index contributed by atoms with van der Waals surface area (Å²) in [6.45, 7) is 3.78. The molecule has 0 aliphatic heterocycles. The van der Waals surface area contributed by atoms with E-state index in [2.05, 4.69) is 5.10 Å². The highest BCUT2D eigenvalue weighted by Crippen LogP contribution is 2.33. The van der Waals surface area contributed by atoms with Gasteiger partial charge in [0.2, 0.25) is 0 Å². The number of aryl methyl sites for hydroxylation is 1. The van der Waals surface area contributed by atoms with Crippen LogP contribution in [-0.4, -0.2) is 42.2 Å². The maximum atomic E-state index is 13.9. The van der Waals surface area contributed by atoms with Gasteiger partial charge < -0.3 is 14.9 Å². The summed E-state index contributed by atoms with van der Waals surface area (Å²) < 4.78 is 22.5. The second-order valence-corrected chi connectivity index (χ2v) is 9.44. The van der Waals surface area contributed by atoms with Gasteiger partial charge in [-0.1, -0.05) is 11.3 Å². The normalized spacial score (nSPS) is 12.7. The monoisotopic (exact) mass is 502 g/mol. The predicted molar refractivity (Wildman–Crippen MR) is 127 cm³/mol. The first kappa shape index (κ1) is 24.4. The largest absolute Gasteiger partial charge is 0.496 e. The molecule has 4 aromatic rings. The first-order valence-electron chi connectivity index (χ1n) is 10.5. The number of nitrogens with zero attached hydrogens (tertiary/aromatic N) is 4. The van der Waals surface area contributed by atoms with Gasteiger partial charge in [-0.2, -0.15) is 5.10 Å². The maximum Gasteiger partial charge on any atom is 0.333 e. The third-order valence-corrected chi connectivity index (χ3v) is 7.19. The zero-order chi connectivity index (χ0) is 25.7. The number of ether oxygens (including phenoxy) is 1. The Labute approximate surface area is 202 Å². The van der Waals surface area contributed by atoms with E-state index in [9.17, 15) is 29.0 Å². The number of thiophene rings is 1. The van der Waals surface area contributed by atoms with E-state index in [1.165, 1.54) is 37.8 Å². The number of methoxy groups -OCH3 is 1. The van der Waals surface area contributed by atoms with Crippen LogP contribution in [0.15, 0.2) is 46.2 Å². The molecule has 2 N–H and O–H groups in total. The molecule has 10 nitrogen and oxygen atoms in total. The first-order chi connectivity index (χ1) is 16.5. The molecule has 0 saturated heterocycles. The van der Waals surface area contributed by atoms with Crippen LogP contribution in [0.5, 0.6) is 5.75 Å². The van der Waals surface area contributed by atoms with Gasteiger partial charge in [0.15, 0.2) is 0 Å². The number of benzene rings is 1. The van der Waals surface area contributed by atoms with E-state index in [0.717, 1.165) is 22.0 Å². The molecule has 0 bridgehead atoms. The number of hydrogen-bond acceptors (Lipinski definition) is 7. The van der Waals surface area contributed by atoms with E-state index < -0.39 is 34.7 Å². The molecular weight excluding hydrogens is 479 g/mol. The van der Waals surface area contributed by atoms with Crippen LogP contribution in [0.25, 0.3) is 15.2 Å². The van der Waals surface area contributed by atoms with Crippen LogP contribution in [0.1, 0.15) is 31.1 Å². The Morgan fingerprint density at radius 2 is 2.03 bits per heavy atom. The van der Waals surface area contributed by atoms with Gasteiger partial charge in [0.1, 0.15) is 33.0 Å². The number of carbonyl (C=O) groups is 1. The fourth-order valence-electron chi connectivity index (χ4n) is 3.93. The van der Waals surface area contributed by atoms with E-state index in [4.69, 9.17) is 4.74 Å². The number of aliphatic carboxylic acids is 1.